The summed E-state index contributed by atoms with van der Waals surface area (Å²) in [6.45, 7) is 0. The van der Waals surface area contributed by atoms with Crippen molar-refractivity contribution in [1.29, 1.82) is 5.26 Å². The number of nitriles is 1. The van der Waals surface area contributed by atoms with Crippen LogP contribution in [0.1, 0.15) is 15.2 Å². The number of halogens is 1. The molecule has 5 heteroatoms. The highest BCUT2D eigenvalue weighted by molar-refractivity contribution is 7.16. The van der Waals surface area contributed by atoms with Gasteiger partial charge >= 0.3 is 5.97 Å². The van der Waals surface area contributed by atoms with Gasteiger partial charge in [0.05, 0.1) is 5.56 Å². The van der Waals surface area contributed by atoms with E-state index in [1.807, 2.05) is 6.07 Å². The van der Waals surface area contributed by atoms with Crippen molar-refractivity contribution >= 4 is 17.3 Å². The molecule has 0 radical (unpaired) electrons. The van der Waals surface area contributed by atoms with E-state index in [-0.39, 0.29) is 5.56 Å². The molecule has 2 aromatic rings. The Morgan fingerprint density at radius 3 is 2.71 bits per heavy atom. The van der Waals surface area contributed by atoms with Crippen molar-refractivity contribution in [1.82, 2.24) is 0 Å². The highest BCUT2D eigenvalue weighted by Gasteiger charge is 2.12. The Balaban J connectivity index is 2.50. The quantitative estimate of drug-likeness (QED) is 0.886. The van der Waals surface area contributed by atoms with Crippen LogP contribution in [0.15, 0.2) is 30.3 Å². The third kappa shape index (κ3) is 2.17. The summed E-state index contributed by atoms with van der Waals surface area (Å²) in [5, 5.41) is 17.5. The number of aromatic carboxylic acids is 1. The van der Waals surface area contributed by atoms with Gasteiger partial charge in [-0.1, -0.05) is 6.07 Å². The monoisotopic (exact) mass is 247 g/mol. The minimum absolute atomic E-state index is 0.366. The van der Waals surface area contributed by atoms with E-state index in [1.165, 1.54) is 23.5 Å². The van der Waals surface area contributed by atoms with Gasteiger partial charge in [-0.05, 0) is 29.8 Å². The summed E-state index contributed by atoms with van der Waals surface area (Å²) in [4.78, 5) is 12.0. The van der Waals surface area contributed by atoms with E-state index in [1.54, 1.807) is 12.1 Å². The molecule has 0 spiro atoms. The smallest absolute Gasteiger partial charge is 0.338 e. The van der Waals surface area contributed by atoms with Crippen molar-refractivity contribution in [3.8, 4) is 16.5 Å². The standard InChI is InChI=1S/C12H6FNO2S/c13-10-3-1-7(5-9(10)12(15)16)11-4-2-8(6-14)17-11/h1-5H,(H,15,16). The number of benzene rings is 1. The minimum atomic E-state index is -1.30. The van der Waals surface area contributed by atoms with Gasteiger partial charge in [-0.2, -0.15) is 5.26 Å². The molecule has 0 aliphatic heterocycles. The normalized spacial score (nSPS) is 9.88. The predicted octanol–water partition coefficient (Wildman–Crippen LogP) is 3.12. The first-order valence-corrected chi connectivity index (χ1v) is 5.46. The molecule has 0 saturated carbocycles. The van der Waals surface area contributed by atoms with Gasteiger partial charge in [0, 0.05) is 4.88 Å². The summed E-state index contributed by atoms with van der Waals surface area (Å²) in [7, 11) is 0. The van der Waals surface area contributed by atoms with Crippen LogP contribution in [-0.4, -0.2) is 11.1 Å². The number of carboxylic acid groups (broad SMARTS) is 1. The Hall–Kier alpha value is -2.19. The summed E-state index contributed by atoms with van der Waals surface area (Å²) in [6.07, 6.45) is 0. The lowest BCUT2D eigenvalue weighted by atomic mass is 10.1. The van der Waals surface area contributed by atoms with E-state index in [2.05, 4.69) is 0 Å². The van der Waals surface area contributed by atoms with Crippen molar-refractivity contribution in [2.24, 2.45) is 0 Å². The topological polar surface area (TPSA) is 61.1 Å². The third-order valence-corrected chi connectivity index (χ3v) is 3.24. The van der Waals surface area contributed by atoms with Crippen LogP contribution in [0.3, 0.4) is 0 Å². The maximum atomic E-state index is 13.2. The number of rotatable bonds is 2. The van der Waals surface area contributed by atoms with Gasteiger partial charge in [-0.25, -0.2) is 9.18 Å². The number of carbonyl (C=O) groups is 1. The first-order valence-electron chi connectivity index (χ1n) is 4.65. The Bertz CT molecular complexity index is 628. The van der Waals surface area contributed by atoms with Gasteiger partial charge < -0.3 is 5.11 Å². The fraction of sp³-hybridized carbons (Fsp3) is 0. The number of nitrogens with zero attached hydrogens (tertiary/aromatic N) is 1. The van der Waals surface area contributed by atoms with Gasteiger partial charge in [0.2, 0.25) is 0 Å². The third-order valence-electron chi connectivity index (χ3n) is 2.20. The zero-order valence-corrected chi connectivity index (χ0v) is 9.29. The van der Waals surface area contributed by atoms with E-state index in [9.17, 15) is 9.18 Å². The Labute approximate surface area is 100 Å². The molecule has 1 N–H and O–H groups in total. The van der Waals surface area contributed by atoms with Crippen LogP contribution in [-0.2, 0) is 0 Å². The zero-order chi connectivity index (χ0) is 12.4. The molecule has 17 heavy (non-hydrogen) atoms. The largest absolute Gasteiger partial charge is 0.478 e. The summed E-state index contributed by atoms with van der Waals surface area (Å²) in [5.74, 6) is -2.07. The highest BCUT2D eigenvalue weighted by atomic mass is 32.1. The maximum absolute atomic E-state index is 13.2. The van der Waals surface area contributed by atoms with Crippen molar-refractivity contribution < 1.29 is 14.3 Å². The van der Waals surface area contributed by atoms with Crippen molar-refractivity contribution in [2.75, 3.05) is 0 Å². The maximum Gasteiger partial charge on any atom is 0.338 e. The summed E-state index contributed by atoms with van der Waals surface area (Å²) >= 11 is 1.24. The molecule has 1 heterocycles. The summed E-state index contributed by atoms with van der Waals surface area (Å²) in [6, 6.07) is 9.23. The van der Waals surface area contributed by atoms with Crippen molar-refractivity contribution in [2.45, 2.75) is 0 Å². The van der Waals surface area contributed by atoms with Crippen molar-refractivity contribution in [3.05, 3.63) is 46.6 Å². The SMILES string of the molecule is N#Cc1ccc(-c2ccc(F)c(C(=O)O)c2)s1. The van der Waals surface area contributed by atoms with E-state index in [4.69, 9.17) is 10.4 Å². The molecular formula is C12H6FNO2S. The van der Waals surface area contributed by atoms with Crippen LogP contribution in [0.25, 0.3) is 10.4 Å². The fourth-order valence-electron chi connectivity index (χ4n) is 1.40. The van der Waals surface area contributed by atoms with Crippen molar-refractivity contribution in [3.63, 3.8) is 0 Å². The van der Waals surface area contributed by atoms with Gasteiger partial charge in [0.25, 0.3) is 0 Å². The molecular weight excluding hydrogens is 241 g/mol. The van der Waals surface area contributed by atoms with Crippen LogP contribution in [0.5, 0.6) is 0 Å². The zero-order valence-electron chi connectivity index (χ0n) is 8.48. The summed E-state index contributed by atoms with van der Waals surface area (Å²) < 4.78 is 13.2. The lowest BCUT2D eigenvalue weighted by Crippen LogP contribution is -2.00. The lowest BCUT2D eigenvalue weighted by molar-refractivity contribution is 0.0692. The van der Waals surface area contributed by atoms with Gasteiger partial charge in [0.15, 0.2) is 0 Å². The van der Waals surface area contributed by atoms with E-state index < -0.39 is 11.8 Å². The molecule has 0 aliphatic rings. The van der Waals surface area contributed by atoms with Gasteiger partial charge in [-0.3, -0.25) is 0 Å². The number of thiophene rings is 1. The predicted molar refractivity (Wildman–Crippen MR) is 61.4 cm³/mol. The molecule has 0 atom stereocenters. The van der Waals surface area contributed by atoms with Crippen LogP contribution < -0.4 is 0 Å². The highest BCUT2D eigenvalue weighted by Crippen LogP contribution is 2.29. The molecule has 0 aliphatic carbocycles. The average Bonchev–Trinajstić information content (AvgIpc) is 2.78. The lowest BCUT2D eigenvalue weighted by Gasteiger charge is -2.01. The second kappa shape index (κ2) is 4.36. The fourth-order valence-corrected chi connectivity index (χ4v) is 2.20. The van der Waals surface area contributed by atoms with Crippen LogP contribution in [0.2, 0.25) is 0 Å². The summed E-state index contributed by atoms with van der Waals surface area (Å²) in [5.41, 5.74) is 0.227. The number of hydrogen-bond acceptors (Lipinski definition) is 3. The molecule has 2 rings (SSSR count). The first kappa shape index (κ1) is 11.3. The second-order valence-electron chi connectivity index (χ2n) is 3.28. The second-order valence-corrected chi connectivity index (χ2v) is 4.36. The molecule has 3 nitrogen and oxygen atoms in total. The van der Waals surface area contributed by atoms with Gasteiger partial charge in [0.1, 0.15) is 16.8 Å². The van der Waals surface area contributed by atoms with E-state index >= 15 is 0 Å². The Morgan fingerprint density at radius 1 is 1.35 bits per heavy atom. The van der Waals surface area contributed by atoms with Crippen LogP contribution >= 0.6 is 11.3 Å². The molecule has 0 fully saturated rings. The average molecular weight is 247 g/mol. The molecule has 0 saturated heterocycles. The molecule has 0 unspecified atom stereocenters. The Kier molecular flexibility index (Phi) is 2.90. The number of carboxylic acids is 1. The first-order chi connectivity index (χ1) is 8.11. The molecule has 84 valence electrons. The van der Waals surface area contributed by atoms with Crippen LogP contribution in [0.4, 0.5) is 4.39 Å². The van der Waals surface area contributed by atoms with Gasteiger partial charge in [-0.15, -0.1) is 11.3 Å². The van der Waals surface area contributed by atoms with E-state index in [0.717, 1.165) is 10.9 Å². The minimum Gasteiger partial charge on any atom is -0.478 e. The molecule has 1 aromatic carbocycles. The molecule has 1 aromatic heterocycles. The molecule has 0 bridgehead atoms. The van der Waals surface area contributed by atoms with Crippen LogP contribution in [0, 0.1) is 17.1 Å². The molecule has 0 amide bonds. The van der Waals surface area contributed by atoms with E-state index in [0.29, 0.717) is 10.4 Å². The number of hydrogen-bond donors (Lipinski definition) is 1. The Morgan fingerprint density at radius 2 is 2.12 bits per heavy atom.